The molecule has 0 spiro atoms. The summed E-state index contributed by atoms with van der Waals surface area (Å²) in [6, 6.07) is 22.2. The lowest BCUT2D eigenvalue weighted by Gasteiger charge is -2.15. The molecule has 1 nitrogen and oxygen atoms in total. The number of rotatable bonds is 3. The van der Waals surface area contributed by atoms with Crippen LogP contribution in [0.2, 0.25) is 0 Å². The van der Waals surface area contributed by atoms with Gasteiger partial charge >= 0.3 is 0 Å². The first-order valence-electron chi connectivity index (χ1n) is 7.30. The van der Waals surface area contributed by atoms with Gasteiger partial charge in [0, 0.05) is 16.3 Å². The Morgan fingerprint density at radius 3 is 2.05 bits per heavy atom. The van der Waals surface area contributed by atoms with Gasteiger partial charge < -0.3 is 5.32 Å². The van der Waals surface area contributed by atoms with Gasteiger partial charge in [-0.3, -0.25) is 0 Å². The minimum Gasteiger partial charge on any atom is -0.301 e. The summed E-state index contributed by atoms with van der Waals surface area (Å²) in [5.41, 5.74) is 5.53. The molecule has 1 N–H and O–H groups in total. The van der Waals surface area contributed by atoms with Gasteiger partial charge in [0.15, 0.2) is 0 Å². The van der Waals surface area contributed by atoms with Crippen molar-refractivity contribution < 1.29 is 0 Å². The summed E-state index contributed by atoms with van der Waals surface area (Å²) in [5.74, 6) is 0. The van der Waals surface area contributed by atoms with Crippen molar-refractivity contribution >= 4 is 11.3 Å². The number of hydrogen-bond donors (Lipinski definition) is 1. The Hall–Kier alpha value is -1.90. The van der Waals surface area contributed by atoms with Gasteiger partial charge in [-0.25, -0.2) is 0 Å². The summed E-state index contributed by atoms with van der Waals surface area (Å²) >= 11 is 1.87. The zero-order valence-electron chi connectivity index (χ0n) is 12.0. The summed E-state index contributed by atoms with van der Waals surface area (Å²) in [5, 5.41) is 3.73. The van der Waals surface area contributed by atoms with E-state index in [4.69, 9.17) is 0 Å². The topological polar surface area (TPSA) is 12.0 Å². The van der Waals surface area contributed by atoms with Crippen molar-refractivity contribution in [2.24, 2.45) is 0 Å². The van der Waals surface area contributed by atoms with Crippen LogP contribution in [0.5, 0.6) is 0 Å². The molecule has 1 heterocycles. The second kappa shape index (κ2) is 5.14. The molecule has 3 aromatic rings. The second-order valence-corrected chi connectivity index (χ2v) is 6.87. The maximum absolute atomic E-state index is 3.73. The first-order chi connectivity index (χ1) is 10.3. The predicted molar refractivity (Wildman–Crippen MR) is 89.6 cm³/mol. The Labute approximate surface area is 129 Å². The second-order valence-electron chi connectivity index (χ2n) is 5.50. The first-order valence-corrected chi connectivity index (χ1v) is 8.11. The molecule has 0 saturated heterocycles. The van der Waals surface area contributed by atoms with Crippen LogP contribution in [0.1, 0.15) is 26.9 Å². The maximum Gasteiger partial charge on any atom is 0.0591 e. The van der Waals surface area contributed by atoms with E-state index in [-0.39, 0.29) is 0 Å². The molecule has 4 rings (SSSR count). The molecular formula is C19H17NS. The Morgan fingerprint density at radius 1 is 0.857 bits per heavy atom. The van der Waals surface area contributed by atoms with Crippen LogP contribution in [0, 0.1) is 6.92 Å². The third-order valence-electron chi connectivity index (χ3n) is 4.11. The lowest BCUT2D eigenvalue weighted by atomic mass is 10.1. The predicted octanol–water partition coefficient (Wildman–Crippen LogP) is 4.92. The average molecular weight is 291 g/mol. The van der Waals surface area contributed by atoms with Crippen molar-refractivity contribution in [2.45, 2.75) is 19.5 Å². The van der Waals surface area contributed by atoms with Gasteiger partial charge in [-0.15, -0.1) is 11.3 Å². The number of benzene rings is 2. The van der Waals surface area contributed by atoms with E-state index in [1.165, 1.54) is 32.0 Å². The van der Waals surface area contributed by atoms with Crippen LogP contribution in [0.25, 0.3) is 11.1 Å². The van der Waals surface area contributed by atoms with Gasteiger partial charge in [0.1, 0.15) is 0 Å². The summed E-state index contributed by atoms with van der Waals surface area (Å²) in [7, 11) is 0. The molecule has 0 aliphatic heterocycles. The molecule has 0 fully saturated rings. The van der Waals surface area contributed by atoms with Crippen LogP contribution in [0.4, 0.5) is 0 Å². The standard InChI is InChI=1S/C19H17NS/c1-13-10-11-14(21-13)12-20-19-17-8-4-2-6-15(17)16-7-3-5-9-18(16)19/h2-11,19-20H,12H2,1H3. The minimum atomic E-state index is 0.305. The summed E-state index contributed by atoms with van der Waals surface area (Å²) in [6.45, 7) is 3.08. The highest BCUT2D eigenvalue weighted by atomic mass is 32.1. The lowest BCUT2D eigenvalue weighted by molar-refractivity contribution is 0.621. The zero-order chi connectivity index (χ0) is 14.2. The van der Waals surface area contributed by atoms with Crippen molar-refractivity contribution in [3.05, 3.63) is 81.5 Å². The average Bonchev–Trinajstić information content (AvgIpc) is 3.07. The van der Waals surface area contributed by atoms with E-state index in [2.05, 4.69) is 72.9 Å². The van der Waals surface area contributed by atoms with Crippen LogP contribution >= 0.6 is 11.3 Å². The van der Waals surface area contributed by atoms with E-state index in [1.807, 2.05) is 11.3 Å². The SMILES string of the molecule is Cc1ccc(CNC2c3ccccc3-c3ccccc32)s1. The minimum absolute atomic E-state index is 0.305. The van der Waals surface area contributed by atoms with Crippen LogP contribution in [-0.4, -0.2) is 0 Å². The smallest absolute Gasteiger partial charge is 0.0591 e. The largest absolute Gasteiger partial charge is 0.301 e. The van der Waals surface area contributed by atoms with E-state index < -0.39 is 0 Å². The van der Waals surface area contributed by atoms with Crippen LogP contribution < -0.4 is 5.32 Å². The Kier molecular flexibility index (Phi) is 3.13. The number of hydrogen-bond acceptors (Lipinski definition) is 2. The van der Waals surface area contributed by atoms with E-state index >= 15 is 0 Å². The molecule has 1 aliphatic rings. The van der Waals surface area contributed by atoms with Crippen molar-refractivity contribution in [3.8, 4) is 11.1 Å². The normalized spacial score (nSPS) is 13.2. The van der Waals surface area contributed by atoms with Crippen molar-refractivity contribution in [1.29, 1.82) is 0 Å². The van der Waals surface area contributed by atoms with Gasteiger partial charge in [-0.2, -0.15) is 0 Å². The highest BCUT2D eigenvalue weighted by Gasteiger charge is 2.27. The van der Waals surface area contributed by atoms with Crippen molar-refractivity contribution in [3.63, 3.8) is 0 Å². The Bertz CT molecular complexity index is 742. The van der Waals surface area contributed by atoms with Crippen LogP contribution in [0.15, 0.2) is 60.7 Å². The summed E-state index contributed by atoms with van der Waals surface area (Å²) in [6.07, 6.45) is 0. The van der Waals surface area contributed by atoms with E-state index in [0.717, 1.165) is 6.54 Å². The molecule has 0 amide bonds. The highest BCUT2D eigenvalue weighted by molar-refractivity contribution is 7.11. The molecular weight excluding hydrogens is 274 g/mol. The summed E-state index contributed by atoms with van der Waals surface area (Å²) < 4.78 is 0. The number of aryl methyl sites for hydroxylation is 1. The number of thiophene rings is 1. The van der Waals surface area contributed by atoms with E-state index in [9.17, 15) is 0 Å². The molecule has 0 atom stereocenters. The third-order valence-corrected chi connectivity index (χ3v) is 5.11. The molecule has 104 valence electrons. The molecule has 2 heteroatoms. The molecule has 2 aromatic carbocycles. The van der Waals surface area contributed by atoms with Gasteiger partial charge in [-0.1, -0.05) is 48.5 Å². The fourth-order valence-corrected chi connectivity index (χ4v) is 4.00. The van der Waals surface area contributed by atoms with Gasteiger partial charge in [0.25, 0.3) is 0 Å². The molecule has 1 aromatic heterocycles. The fraction of sp³-hybridized carbons (Fsp3) is 0.158. The zero-order valence-corrected chi connectivity index (χ0v) is 12.8. The van der Waals surface area contributed by atoms with E-state index in [1.54, 1.807) is 0 Å². The molecule has 0 saturated carbocycles. The van der Waals surface area contributed by atoms with E-state index in [0.29, 0.717) is 6.04 Å². The molecule has 0 bridgehead atoms. The van der Waals surface area contributed by atoms with Crippen molar-refractivity contribution in [2.75, 3.05) is 0 Å². The van der Waals surface area contributed by atoms with Crippen molar-refractivity contribution in [1.82, 2.24) is 5.32 Å². The number of fused-ring (bicyclic) bond motifs is 3. The fourth-order valence-electron chi connectivity index (χ4n) is 3.16. The third kappa shape index (κ3) is 2.21. The van der Waals surface area contributed by atoms with Gasteiger partial charge in [0.2, 0.25) is 0 Å². The summed E-state index contributed by atoms with van der Waals surface area (Å²) in [4.78, 5) is 2.77. The lowest BCUT2D eigenvalue weighted by Crippen LogP contribution is -2.19. The van der Waals surface area contributed by atoms with Crippen LogP contribution in [-0.2, 0) is 6.54 Å². The first kappa shape index (κ1) is 12.8. The maximum atomic E-state index is 3.73. The Balaban J connectivity index is 1.68. The Morgan fingerprint density at radius 2 is 1.48 bits per heavy atom. The molecule has 21 heavy (non-hydrogen) atoms. The molecule has 0 unspecified atom stereocenters. The van der Waals surface area contributed by atoms with Gasteiger partial charge in [0.05, 0.1) is 6.04 Å². The highest BCUT2D eigenvalue weighted by Crippen LogP contribution is 2.43. The number of nitrogens with one attached hydrogen (secondary N) is 1. The van der Waals surface area contributed by atoms with Crippen LogP contribution in [0.3, 0.4) is 0 Å². The van der Waals surface area contributed by atoms with Gasteiger partial charge in [-0.05, 0) is 41.3 Å². The molecule has 0 radical (unpaired) electrons. The molecule has 1 aliphatic carbocycles. The quantitative estimate of drug-likeness (QED) is 0.722. The monoisotopic (exact) mass is 291 g/mol.